The molecule has 0 fully saturated rings. The van der Waals surface area contributed by atoms with E-state index in [1.54, 1.807) is 24.3 Å². The number of hydrogen-bond donors (Lipinski definition) is 2. The van der Waals surface area contributed by atoms with E-state index in [2.05, 4.69) is 17.6 Å². The Hall–Kier alpha value is -2.67. The third kappa shape index (κ3) is 5.03. The van der Waals surface area contributed by atoms with Gasteiger partial charge in [-0.05, 0) is 55.4 Å². The number of rotatable bonds is 6. The first kappa shape index (κ1) is 21.0. The van der Waals surface area contributed by atoms with Crippen molar-refractivity contribution in [2.45, 2.75) is 46.5 Å². The normalized spacial score (nSPS) is 15.3. The maximum Gasteiger partial charge on any atom is 0.338 e. The van der Waals surface area contributed by atoms with Crippen LogP contribution in [0.3, 0.4) is 0 Å². The van der Waals surface area contributed by atoms with Crippen molar-refractivity contribution >= 4 is 39.8 Å². The predicted octanol–water partition coefficient (Wildman–Crippen LogP) is 4.65. The lowest BCUT2D eigenvalue weighted by Gasteiger charge is -2.18. The molecule has 1 atom stereocenters. The van der Waals surface area contributed by atoms with E-state index in [9.17, 15) is 14.4 Å². The second-order valence-electron chi connectivity index (χ2n) is 7.41. The molecule has 6 nitrogen and oxygen atoms in total. The molecule has 3 rings (SSSR count). The first-order valence-electron chi connectivity index (χ1n) is 9.89. The van der Waals surface area contributed by atoms with Crippen molar-refractivity contribution in [2.24, 2.45) is 5.92 Å². The van der Waals surface area contributed by atoms with Gasteiger partial charge in [-0.2, -0.15) is 0 Å². The van der Waals surface area contributed by atoms with Gasteiger partial charge < -0.3 is 15.4 Å². The molecule has 154 valence electrons. The van der Waals surface area contributed by atoms with Crippen LogP contribution in [-0.2, 0) is 22.4 Å². The van der Waals surface area contributed by atoms with Crippen LogP contribution in [0.2, 0.25) is 0 Å². The van der Waals surface area contributed by atoms with Gasteiger partial charge >= 0.3 is 5.97 Å². The van der Waals surface area contributed by atoms with E-state index in [-0.39, 0.29) is 11.8 Å². The smallest absolute Gasteiger partial charge is 0.338 e. The number of thiophene rings is 1. The molecule has 0 spiro atoms. The van der Waals surface area contributed by atoms with Crippen LogP contribution >= 0.6 is 11.3 Å². The van der Waals surface area contributed by atoms with Crippen LogP contribution < -0.4 is 10.6 Å². The molecule has 1 aliphatic carbocycles. The molecule has 2 amide bonds. The molecule has 29 heavy (non-hydrogen) atoms. The number of hydrogen-bond acceptors (Lipinski definition) is 5. The van der Waals surface area contributed by atoms with Crippen molar-refractivity contribution in [1.82, 2.24) is 0 Å². The number of carbonyl (C=O) groups excluding carboxylic acids is 3. The third-order valence-electron chi connectivity index (χ3n) is 4.82. The molecule has 0 radical (unpaired) electrons. The van der Waals surface area contributed by atoms with Crippen molar-refractivity contribution < 1.29 is 19.1 Å². The molecule has 0 bridgehead atoms. The highest BCUT2D eigenvalue weighted by molar-refractivity contribution is 7.17. The van der Waals surface area contributed by atoms with Crippen LogP contribution in [-0.4, -0.2) is 24.4 Å². The Balaban J connectivity index is 1.85. The quantitative estimate of drug-likeness (QED) is 0.674. The average molecular weight is 415 g/mol. The molecule has 1 aromatic heterocycles. The van der Waals surface area contributed by atoms with E-state index in [4.69, 9.17) is 4.74 Å². The van der Waals surface area contributed by atoms with Crippen LogP contribution in [0.4, 0.5) is 10.7 Å². The van der Waals surface area contributed by atoms with Gasteiger partial charge in [0.2, 0.25) is 5.91 Å². The third-order valence-corrected chi connectivity index (χ3v) is 5.99. The number of carbonyl (C=O) groups is 3. The molecule has 1 aromatic carbocycles. The van der Waals surface area contributed by atoms with E-state index in [0.29, 0.717) is 34.3 Å². The molecule has 0 aliphatic heterocycles. The summed E-state index contributed by atoms with van der Waals surface area (Å²) in [4.78, 5) is 38.0. The number of ether oxygens (including phenoxy) is 1. The minimum absolute atomic E-state index is 0.202. The van der Waals surface area contributed by atoms with Gasteiger partial charge in [-0.3, -0.25) is 9.59 Å². The van der Waals surface area contributed by atoms with E-state index in [1.807, 2.05) is 6.92 Å². The Morgan fingerprint density at radius 1 is 1.24 bits per heavy atom. The number of amides is 2. The molecular formula is C22H26N2O4S. The summed E-state index contributed by atoms with van der Waals surface area (Å²) >= 11 is 1.48. The summed E-state index contributed by atoms with van der Waals surface area (Å²) in [6.07, 6.45) is 3.50. The van der Waals surface area contributed by atoms with E-state index >= 15 is 0 Å². The fraction of sp³-hybridized carbons (Fsp3) is 0.409. The first-order valence-corrected chi connectivity index (χ1v) is 10.7. The summed E-state index contributed by atoms with van der Waals surface area (Å²) in [5.74, 6) is -0.330. The monoisotopic (exact) mass is 414 g/mol. The summed E-state index contributed by atoms with van der Waals surface area (Å²) in [6.45, 7) is 5.92. The number of fused-ring (bicyclic) bond motifs is 1. The summed E-state index contributed by atoms with van der Waals surface area (Å²) < 4.78 is 5.16. The van der Waals surface area contributed by atoms with Gasteiger partial charge in [0, 0.05) is 17.5 Å². The Morgan fingerprint density at radius 3 is 2.76 bits per heavy atom. The fourth-order valence-electron chi connectivity index (χ4n) is 3.43. The second-order valence-corrected chi connectivity index (χ2v) is 8.51. The molecule has 1 aliphatic rings. The van der Waals surface area contributed by atoms with E-state index < -0.39 is 5.97 Å². The Kier molecular flexibility index (Phi) is 6.69. The first-order chi connectivity index (χ1) is 13.9. The zero-order valence-corrected chi connectivity index (χ0v) is 17.8. The van der Waals surface area contributed by atoms with Gasteiger partial charge in [-0.25, -0.2) is 4.79 Å². The highest BCUT2D eigenvalue weighted by atomic mass is 32.1. The van der Waals surface area contributed by atoms with Crippen molar-refractivity contribution in [3.8, 4) is 0 Å². The highest BCUT2D eigenvalue weighted by Crippen LogP contribution is 2.40. The second kappa shape index (κ2) is 9.22. The van der Waals surface area contributed by atoms with Gasteiger partial charge in [0.1, 0.15) is 5.00 Å². The minimum Gasteiger partial charge on any atom is -0.462 e. The van der Waals surface area contributed by atoms with Crippen molar-refractivity contribution in [3.05, 3.63) is 45.8 Å². The summed E-state index contributed by atoms with van der Waals surface area (Å²) in [5.41, 5.74) is 2.46. The van der Waals surface area contributed by atoms with Crippen LogP contribution in [0.15, 0.2) is 24.3 Å². The summed E-state index contributed by atoms with van der Waals surface area (Å²) in [7, 11) is 0. The zero-order valence-electron chi connectivity index (χ0n) is 17.0. The topological polar surface area (TPSA) is 84.5 Å². The van der Waals surface area contributed by atoms with Crippen molar-refractivity contribution in [3.63, 3.8) is 0 Å². The van der Waals surface area contributed by atoms with Gasteiger partial charge in [0.05, 0.1) is 17.7 Å². The zero-order chi connectivity index (χ0) is 21.0. The Labute approximate surface area is 174 Å². The largest absolute Gasteiger partial charge is 0.462 e. The number of esters is 1. The number of benzene rings is 1. The molecule has 0 saturated heterocycles. The summed E-state index contributed by atoms with van der Waals surface area (Å²) in [5, 5.41) is 6.28. The molecule has 2 aromatic rings. The maximum absolute atomic E-state index is 13.1. The fourth-order valence-corrected chi connectivity index (χ4v) is 4.89. The lowest BCUT2D eigenvalue weighted by molar-refractivity contribution is -0.114. The maximum atomic E-state index is 13.1. The predicted molar refractivity (Wildman–Crippen MR) is 115 cm³/mol. The van der Waals surface area contributed by atoms with Gasteiger partial charge in [0.25, 0.3) is 5.91 Å². The number of anilines is 2. The van der Waals surface area contributed by atoms with E-state index in [0.717, 1.165) is 36.1 Å². The van der Waals surface area contributed by atoms with Gasteiger partial charge in [-0.1, -0.05) is 19.9 Å². The Morgan fingerprint density at radius 2 is 2.03 bits per heavy atom. The van der Waals surface area contributed by atoms with Crippen LogP contribution in [0.5, 0.6) is 0 Å². The Bertz CT molecular complexity index is 935. The molecule has 2 N–H and O–H groups in total. The van der Waals surface area contributed by atoms with Gasteiger partial charge in [0.15, 0.2) is 0 Å². The molecular weight excluding hydrogens is 388 g/mol. The average Bonchev–Trinajstić information content (AvgIpc) is 3.02. The lowest BCUT2D eigenvalue weighted by atomic mass is 9.88. The highest BCUT2D eigenvalue weighted by Gasteiger charge is 2.28. The minimum atomic E-state index is -0.413. The SMILES string of the molecule is CCCOC(=O)c1cccc(NC(=O)c2c(NC(C)=O)sc3c2CCC(C)C3)c1. The van der Waals surface area contributed by atoms with Crippen LogP contribution in [0.25, 0.3) is 0 Å². The molecule has 1 unspecified atom stereocenters. The van der Waals surface area contributed by atoms with E-state index in [1.165, 1.54) is 18.3 Å². The van der Waals surface area contributed by atoms with Crippen molar-refractivity contribution in [2.75, 3.05) is 17.2 Å². The van der Waals surface area contributed by atoms with Gasteiger partial charge in [-0.15, -0.1) is 11.3 Å². The number of nitrogens with one attached hydrogen (secondary N) is 2. The molecule has 0 saturated carbocycles. The van der Waals surface area contributed by atoms with Crippen LogP contribution in [0.1, 0.15) is 64.8 Å². The van der Waals surface area contributed by atoms with Crippen LogP contribution in [0, 0.1) is 5.92 Å². The summed E-state index contributed by atoms with van der Waals surface area (Å²) in [6, 6.07) is 6.70. The standard InChI is InChI=1S/C22H26N2O4S/c1-4-10-28-22(27)15-6-5-7-16(12-15)24-20(26)19-17-9-8-13(2)11-18(17)29-21(19)23-14(3)25/h5-7,12-13H,4,8-11H2,1-3H3,(H,23,25)(H,24,26). The lowest BCUT2D eigenvalue weighted by Crippen LogP contribution is -2.19. The molecule has 7 heteroatoms. The van der Waals surface area contributed by atoms with Crippen molar-refractivity contribution in [1.29, 1.82) is 0 Å². The molecule has 1 heterocycles.